The lowest BCUT2D eigenvalue weighted by atomic mass is 10.0. The van der Waals surface area contributed by atoms with Gasteiger partial charge >= 0.3 is 12.1 Å². The van der Waals surface area contributed by atoms with E-state index in [-0.39, 0.29) is 17.9 Å². The van der Waals surface area contributed by atoms with Crippen LogP contribution >= 0.6 is 0 Å². The highest BCUT2D eigenvalue weighted by atomic mass is 16.6. The molecule has 122 valence electrons. The summed E-state index contributed by atoms with van der Waals surface area (Å²) in [5.41, 5.74) is -0.0572. The Morgan fingerprint density at radius 2 is 1.76 bits per heavy atom. The van der Waals surface area contributed by atoms with Crippen molar-refractivity contribution in [2.24, 2.45) is 5.92 Å². The minimum absolute atomic E-state index is 0.145. The molecule has 0 heterocycles. The number of likely N-dealkylation sites (N-methyl/N-ethyl adjacent to an activating group) is 1. The summed E-state index contributed by atoms with van der Waals surface area (Å²) in [5, 5.41) is 0. The van der Waals surface area contributed by atoms with Crippen LogP contribution in [0.15, 0.2) is 11.6 Å². The second-order valence-corrected chi connectivity index (χ2v) is 6.40. The van der Waals surface area contributed by atoms with Crippen molar-refractivity contribution in [3.05, 3.63) is 11.6 Å². The van der Waals surface area contributed by atoms with E-state index in [4.69, 9.17) is 9.47 Å². The van der Waals surface area contributed by atoms with Crippen molar-refractivity contribution in [3.8, 4) is 0 Å². The van der Waals surface area contributed by atoms with Gasteiger partial charge in [0.05, 0.1) is 12.6 Å². The first-order valence-corrected chi connectivity index (χ1v) is 7.31. The zero-order valence-electron chi connectivity index (χ0n) is 14.5. The van der Waals surface area contributed by atoms with Crippen LogP contribution < -0.4 is 0 Å². The number of hydrogen-bond donors (Lipinski definition) is 0. The van der Waals surface area contributed by atoms with E-state index in [1.54, 1.807) is 27.0 Å². The number of carbonyl (C=O) groups excluding carboxylic acids is 2. The molecule has 0 aliphatic carbocycles. The van der Waals surface area contributed by atoms with E-state index in [0.29, 0.717) is 12.2 Å². The molecule has 5 nitrogen and oxygen atoms in total. The van der Waals surface area contributed by atoms with Gasteiger partial charge in [-0.05, 0) is 40.5 Å². The standard InChI is InChI=1S/C16H29NO4/c1-9-20-14(18)12(4)10-13(11(2)3)17(8)15(19)21-16(5,6)7/h10-11,13H,9H2,1-8H3. The summed E-state index contributed by atoms with van der Waals surface area (Å²) >= 11 is 0. The van der Waals surface area contributed by atoms with Crippen LogP contribution in [0.2, 0.25) is 0 Å². The molecule has 1 amide bonds. The molecule has 1 unspecified atom stereocenters. The van der Waals surface area contributed by atoms with E-state index in [1.807, 2.05) is 34.6 Å². The summed E-state index contributed by atoms with van der Waals surface area (Å²) in [6, 6.07) is -0.232. The first kappa shape index (κ1) is 19.5. The fraction of sp³-hybridized carbons (Fsp3) is 0.750. The number of rotatable bonds is 5. The van der Waals surface area contributed by atoms with Crippen LogP contribution in [0, 0.1) is 5.92 Å². The molecule has 0 bridgehead atoms. The van der Waals surface area contributed by atoms with Gasteiger partial charge in [-0.2, -0.15) is 0 Å². The molecule has 1 atom stereocenters. The summed E-state index contributed by atoms with van der Waals surface area (Å²) in [6.07, 6.45) is 1.35. The van der Waals surface area contributed by atoms with Crippen LogP contribution in [0.25, 0.3) is 0 Å². The Morgan fingerprint density at radius 1 is 1.24 bits per heavy atom. The number of carbonyl (C=O) groups is 2. The number of esters is 1. The normalized spacial score (nSPS) is 13.9. The zero-order valence-corrected chi connectivity index (χ0v) is 14.5. The Morgan fingerprint density at radius 3 is 2.14 bits per heavy atom. The smallest absolute Gasteiger partial charge is 0.410 e. The Bertz CT molecular complexity index is 394. The molecular weight excluding hydrogens is 270 g/mol. The van der Waals surface area contributed by atoms with Crippen molar-refractivity contribution in [2.45, 2.75) is 60.1 Å². The number of nitrogens with zero attached hydrogens (tertiary/aromatic N) is 1. The second kappa shape index (κ2) is 8.05. The summed E-state index contributed by atoms with van der Waals surface area (Å²) in [6.45, 7) is 13.2. The fourth-order valence-electron chi connectivity index (χ4n) is 1.78. The van der Waals surface area contributed by atoms with Crippen LogP contribution in [0.5, 0.6) is 0 Å². The summed E-state index contributed by atoms with van der Waals surface area (Å²) in [7, 11) is 1.67. The predicted octanol–water partition coefficient (Wildman–Crippen LogP) is 3.39. The van der Waals surface area contributed by atoms with Gasteiger partial charge in [0, 0.05) is 12.6 Å². The Hall–Kier alpha value is -1.52. The van der Waals surface area contributed by atoms with Crippen molar-refractivity contribution >= 4 is 12.1 Å². The summed E-state index contributed by atoms with van der Waals surface area (Å²) in [4.78, 5) is 25.3. The monoisotopic (exact) mass is 299 g/mol. The molecule has 0 saturated carbocycles. The first-order valence-electron chi connectivity index (χ1n) is 7.31. The highest BCUT2D eigenvalue weighted by Gasteiger charge is 2.26. The summed E-state index contributed by atoms with van der Waals surface area (Å²) < 4.78 is 10.3. The minimum Gasteiger partial charge on any atom is -0.463 e. The van der Waals surface area contributed by atoms with E-state index in [9.17, 15) is 9.59 Å². The van der Waals surface area contributed by atoms with Crippen molar-refractivity contribution in [2.75, 3.05) is 13.7 Å². The topological polar surface area (TPSA) is 55.8 Å². The Kier molecular flexibility index (Phi) is 7.47. The van der Waals surface area contributed by atoms with Crippen LogP contribution in [-0.2, 0) is 14.3 Å². The van der Waals surface area contributed by atoms with Gasteiger partial charge in [0.1, 0.15) is 5.60 Å². The molecule has 0 N–H and O–H groups in total. The van der Waals surface area contributed by atoms with E-state index in [0.717, 1.165) is 0 Å². The third-order valence-corrected chi connectivity index (χ3v) is 2.83. The van der Waals surface area contributed by atoms with E-state index in [1.165, 1.54) is 4.90 Å². The third-order valence-electron chi connectivity index (χ3n) is 2.83. The quantitative estimate of drug-likeness (QED) is 0.577. The highest BCUT2D eigenvalue weighted by molar-refractivity contribution is 5.88. The first-order chi connectivity index (χ1) is 9.49. The predicted molar refractivity (Wildman–Crippen MR) is 83.0 cm³/mol. The fourth-order valence-corrected chi connectivity index (χ4v) is 1.78. The van der Waals surface area contributed by atoms with E-state index in [2.05, 4.69) is 0 Å². The second-order valence-electron chi connectivity index (χ2n) is 6.40. The Balaban J connectivity index is 5.10. The molecule has 0 radical (unpaired) electrons. The van der Waals surface area contributed by atoms with Crippen LogP contribution in [-0.4, -0.2) is 42.3 Å². The lowest BCUT2D eigenvalue weighted by Crippen LogP contribution is -2.42. The third kappa shape index (κ3) is 7.16. The van der Waals surface area contributed by atoms with E-state index >= 15 is 0 Å². The minimum atomic E-state index is -0.549. The van der Waals surface area contributed by atoms with Crippen LogP contribution in [0.4, 0.5) is 4.79 Å². The van der Waals surface area contributed by atoms with Gasteiger partial charge in [-0.15, -0.1) is 0 Å². The zero-order chi connectivity index (χ0) is 16.8. The maximum atomic E-state index is 12.1. The molecule has 0 saturated heterocycles. The van der Waals surface area contributed by atoms with Crippen molar-refractivity contribution in [1.82, 2.24) is 4.90 Å². The average molecular weight is 299 g/mol. The molecule has 0 fully saturated rings. The molecular formula is C16H29NO4. The van der Waals surface area contributed by atoms with Gasteiger partial charge in [0.2, 0.25) is 0 Å². The largest absolute Gasteiger partial charge is 0.463 e. The van der Waals surface area contributed by atoms with Gasteiger partial charge in [0.15, 0.2) is 0 Å². The maximum absolute atomic E-state index is 12.1. The Labute approximate surface area is 128 Å². The molecule has 0 aromatic carbocycles. The van der Waals surface area contributed by atoms with E-state index < -0.39 is 11.7 Å². The molecule has 5 heteroatoms. The van der Waals surface area contributed by atoms with Gasteiger partial charge in [-0.25, -0.2) is 9.59 Å². The summed E-state index contributed by atoms with van der Waals surface area (Å²) in [5.74, 6) is -0.215. The molecule has 0 aromatic heterocycles. The molecule has 0 spiro atoms. The number of amides is 1. The average Bonchev–Trinajstić information content (AvgIpc) is 2.32. The van der Waals surface area contributed by atoms with Crippen LogP contribution in [0.3, 0.4) is 0 Å². The van der Waals surface area contributed by atoms with Crippen molar-refractivity contribution in [1.29, 1.82) is 0 Å². The lowest BCUT2D eigenvalue weighted by Gasteiger charge is -2.31. The number of hydrogen-bond acceptors (Lipinski definition) is 4. The molecule has 0 aliphatic heterocycles. The van der Waals surface area contributed by atoms with Crippen molar-refractivity contribution in [3.63, 3.8) is 0 Å². The molecule has 0 rings (SSSR count). The lowest BCUT2D eigenvalue weighted by molar-refractivity contribution is -0.138. The number of ether oxygens (including phenoxy) is 2. The van der Waals surface area contributed by atoms with Crippen molar-refractivity contribution < 1.29 is 19.1 Å². The maximum Gasteiger partial charge on any atom is 0.410 e. The van der Waals surface area contributed by atoms with Gasteiger partial charge < -0.3 is 14.4 Å². The molecule has 21 heavy (non-hydrogen) atoms. The molecule has 0 aliphatic rings. The van der Waals surface area contributed by atoms with Crippen LogP contribution in [0.1, 0.15) is 48.5 Å². The van der Waals surface area contributed by atoms with Gasteiger partial charge in [0.25, 0.3) is 0 Å². The van der Waals surface area contributed by atoms with Gasteiger partial charge in [-0.1, -0.05) is 19.9 Å². The highest BCUT2D eigenvalue weighted by Crippen LogP contribution is 2.17. The SMILES string of the molecule is CCOC(=O)C(C)=CC(C(C)C)N(C)C(=O)OC(C)(C)C. The molecule has 0 aromatic rings. The van der Waals surface area contributed by atoms with Gasteiger partial charge in [-0.3, -0.25) is 0 Å².